The highest BCUT2D eigenvalue weighted by Gasteiger charge is 2.25. The lowest BCUT2D eigenvalue weighted by molar-refractivity contribution is 0.0789. The summed E-state index contributed by atoms with van der Waals surface area (Å²) in [5, 5.41) is 0. The zero-order valence-electron chi connectivity index (χ0n) is 10.5. The number of aryl methyl sites for hydroxylation is 2. The van der Waals surface area contributed by atoms with Crippen LogP contribution in [-0.2, 0) is 0 Å². The van der Waals surface area contributed by atoms with E-state index in [1.54, 1.807) is 0 Å². The molecule has 1 unspecified atom stereocenters. The van der Waals surface area contributed by atoms with E-state index in [0.29, 0.717) is 12.1 Å². The number of nitrogens with zero attached hydrogens (tertiary/aromatic N) is 2. The van der Waals surface area contributed by atoms with Gasteiger partial charge in [-0.3, -0.25) is 9.78 Å². The molecule has 2 heterocycles. The molecule has 2 rings (SSSR count). The van der Waals surface area contributed by atoms with E-state index in [9.17, 15) is 4.79 Å². The van der Waals surface area contributed by atoms with E-state index in [1.165, 1.54) is 0 Å². The smallest absolute Gasteiger partial charge is 0.255 e. The van der Waals surface area contributed by atoms with Gasteiger partial charge in [-0.05, 0) is 32.4 Å². The number of hydrogen-bond donors (Lipinski definition) is 1. The first-order valence-corrected chi connectivity index (χ1v) is 5.57. The van der Waals surface area contributed by atoms with Crippen LogP contribution in [0.25, 0.3) is 0 Å². The van der Waals surface area contributed by atoms with Crippen molar-refractivity contribution >= 4 is 30.7 Å². The van der Waals surface area contributed by atoms with E-state index in [0.717, 1.165) is 24.4 Å². The molecule has 0 spiro atoms. The van der Waals surface area contributed by atoms with Gasteiger partial charge in [0.2, 0.25) is 0 Å². The van der Waals surface area contributed by atoms with Crippen LogP contribution in [0, 0.1) is 13.8 Å². The largest absolute Gasteiger partial charge is 0.337 e. The molecule has 2 N–H and O–H groups in total. The third-order valence-electron chi connectivity index (χ3n) is 2.97. The van der Waals surface area contributed by atoms with Crippen LogP contribution in [-0.4, -0.2) is 34.9 Å². The van der Waals surface area contributed by atoms with Gasteiger partial charge in [-0.15, -0.1) is 24.8 Å². The molecular formula is C12H19Cl2N3O. The molecule has 0 aliphatic carbocycles. The van der Waals surface area contributed by atoms with Gasteiger partial charge in [0.05, 0.1) is 11.3 Å². The van der Waals surface area contributed by atoms with Crippen LogP contribution >= 0.6 is 24.8 Å². The Morgan fingerprint density at radius 3 is 2.56 bits per heavy atom. The van der Waals surface area contributed by atoms with Crippen molar-refractivity contribution in [1.82, 2.24) is 9.88 Å². The van der Waals surface area contributed by atoms with Crippen LogP contribution in [0.1, 0.15) is 28.2 Å². The summed E-state index contributed by atoms with van der Waals surface area (Å²) in [5.74, 6) is 0.0537. The number of carbonyl (C=O) groups excluding carboxylic acids is 1. The fourth-order valence-corrected chi connectivity index (χ4v) is 2.05. The molecule has 1 saturated heterocycles. The van der Waals surface area contributed by atoms with Gasteiger partial charge >= 0.3 is 0 Å². The molecule has 102 valence electrons. The molecule has 0 radical (unpaired) electrons. The molecule has 1 fully saturated rings. The predicted molar refractivity (Wildman–Crippen MR) is 76.7 cm³/mol. The van der Waals surface area contributed by atoms with E-state index in [-0.39, 0.29) is 36.8 Å². The first kappa shape index (κ1) is 17.2. The van der Waals surface area contributed by atoms with E-state index in [4.69, 9.17) is 5.73 Å². The van der Waals surface area contributed by atoms with Crippen molar-refractivity contribution in [2.45, 2.75) is 26.3 Å². The number of rotatable bonds is 1. The van der Waals surface area contributed by atoms with Gasteiger partial charge in [-0.25, -0.2) is 0 Å². The molecule has 1 aliphatic heterocycles. The monoisotopic (exact) mass is 291 g/mol. The van der Waals surface area contributed by atoms with Gasteiger partial charge in [0.1, 0.15) is 0 Å². The maximum Gasteiger partial charge on any atom is 0.255 e. The van der Waals surface area contributed by atoms with Gasteiger partial charge in [0.25, 0.3) is 5.91 Å². The highest BCUT2D eigenvalue weighted by atomic mass is 35.5. The number of pyridine rings is 1. The quantitative estimate of drug-likeness (QED) is 0.857. The number of hydrogen-bond acceptors (Lipinski definition) is 3. The molecule has 4 nitrogen and oxygen atoms in total. The maximum absolute atomic E-state index is 12.2. The van der Waals surface area contributed by atoms with Gasteiger partial charge < -0.3 is 10.6 Å². The third-order valence-corrected chi connectivity index (χ3v) is 2.97. The van der Waals surface area contributed by atoms with E-state index in [1.807, 2.05) is 30.9 Å². The maximum atomic E-state index is 12.2. The Morgan fingerprint density at radius 1 is 1.39 bits per heavy atom. The number of aromatic nitrogens is 1. The average Bonchev–Trinajstić information content (AvgIpc) is 2.64. The number of amides is 1. The Morgan fingerprint density at radius 2 is 2.06 bits per heavy atom. The van der Waals surface area contributed by atoms with Crippen LogP contribution in [0.4, 0.5) is 0 Å². The van der Waals surface area contributed by atoms with Crippen molar-refractivity contribution in [1.29, 1.82) is 0 Å². The molecule has 1 atom stereocenters. The highest BCUT2D eigenvalue weighted by Crippen LogP contribution is 2.14. The van der Waals surface area contributed by atoms with Gasteiger partial charge in [-0.1, -0.05) is 0 Å². The molecule has 0 aromatic carbocycles. The molecular weight excluding hydrogens is 273 g/mol. The second kappa shape index (κ2) is 6.92. The SMILES string of the molecule is Cc1ccc(C(=O)N2CCC(N)C2)c(C)n1.Cl.Cl. The summed E-state index contributed by atoms with van der Waals surface area (Å²) < 4.78 is 0. The minimum Gasteiger partial charge on any atom is -0.337 e. The average molecular weight is 292 g/mol. The molecule has 18 heavy (non-hydrogen) atoms. The number of likely N-dealkylation sites (tertiary alicyclic amines) is 1. The minimum absolute atomic E-state index is 0. The molecule has 1 amide bonds. The lowest BCUT2D eigenvalue weighted by Gasteiger charge is -2.16. The summed E-state index contributed by atoms with van der Waals surface area (Å²) in [4.78, 5) is 18.3. The molecule has 6 heteroatoms. The lowest BCUT2D eigenvalue weighted by atomic mass is 10.1. The first-order valence-electron chi connectivity index (χ1n) is 5.57. The molecule has 1 aromatic heterocycles. The molecule has 0 bridgehead atoms. The fraction of sp³-hybridized carbons (Fsp3) is 0.500. The molecule has 0 saturated carbocycles. The lowest BCUT2D eigenvalue weighted by Crippen LogP contribution is -2.32. The van der Waals surface area contributed by atoms with E-state index >= 15 is 0 Å². The Kier molecular flexibility index (Phi) is 6.60. The summed E-state index contributed by atoms with van der Waals surface area (Å²) in [5.41, 5.74) is 8.22. The summed E-state index contributed by atoms with van der Waals surface area (Å²) in [7, 11) is 0. The second-order valence-electron chi connectivity index (χ2n) is 4.39. The van der Waals surface area contributed by atoms with Crippen LogP contribution < -0.4 is 5.73 Å². The number of carbonyl (C=O) groups is 1. The Labute approximate surface area is 120 Å². The first-order chi connectivity index (χ1) is 7.58. The predicted octanol–water partition coefficient (Wildman–Crippen LogP) is 1.72. The summed E-state index contributed by atoms with van der Waals surface area (Å²) in [6.45, 7) is 5.21. The normalized spacial score (nSPS) is 17.9. The Bertz CT molecular complexity index is 426. The van der Waals surface area contributed by atoms with Crippen molar-refractivity contribution in [2.75, 3.05) is 13.1 Å². The summed E-state index contributed by atoms with van der Waals surface area (Å²) in [6.07, 6.45) is 0.893. The van der Waals surface area contributed by atoms with Gasteiger partial charge in [0, 0.05) is 24.8 Å². The Balaban J connectivity index is 0.00000144. The standard InChI is InChI=1S/C12H17N3O.2ClH/c1-8-3-4-11(9(2)14-8)12(16)15-6-5-10(13)7-15;;/h3-4,10H,5-7,13H2,1-2H3;2*1H. The summed E-state index contributed by atoms with van der Waals surface area (Å²) in [6, 6.07) is 3.85. The van der Waals surface area contributed by atoms with Gasteiger partial charge in [0.15, 0.2) is 0 Å². The topological polar surface area (TPSA) is 59.2 Å². The van der Waals surface area contributed by atoms with E-state index < -0.39 is 0 Å². The highest BCUT2D eigenvalue weighted by molar-refractivity contribution is 5.95. The van der Waals surface area contributed by atoms with E-state index in [2.05, 4.69) is 4.98 Å². The summed E-state index contributed by atoms with van der Waals surface area (Å²) >= 11 is 0. The van der Waals surface area contributed by atoms with Gasteiger partial charge in [-0.2, -0.15) is 0 Å². The molecule has 1 aliphatic rings. The van der Waals surface area contributed by atoms with Crippen molar-refractivity contribution in [2.24, 2.45) is 5.73 Å². The van der Waals surface area contributed by atoms with Crippen molar-refractivity contribution < 1.29 is 4.79 Å². The fourth-order valence-electron chi connectivity index (χ4n) is 2.05. The van der Waals surface area contributed by atoms with Crippen molar-refractivity contribution in [3.8, 4) is 0 Å². The van der Waals surface area contributed by atoms with Crippen LogP contribution in [0.15, 0.2) is 12.1 Å². The van der Waals surface area contributed by atoms with Crippen LogP contribution in [0.2, 0.25) is 0 Å². The van der Waals surface area contributed by atoms with Crippen LogP contribution in [0.5, 0.6) is 0 Å². The number of nitrogens with two attached hydrogens (primary N) is 1. The molecule has 1 aromatic rings. The minimum atomic E-state index is 0. The zero-order valence-corrected chi connectivity index (χ0v) is 12.2. The number of halogens is 2. The van der Waals surface area contributed by atoms with Crippen LogP contribution in [0.3, 0.4) is 0 Å². The second-order valence-corrected chi connectivity index (χ2v) is 4.39. The zero-order chi connectivity index (χ0) is 11.7. The third kappa shape index (κ3) is 3.57. The van der Waals surface area contributed by atoms with Crippen molar-refractivity contribution in [3.63, 3.8) is 0 Å². The van der Waals surface area contributed by atoms with Crippen molar-refractivity contribution in [3.05, 3.63) is 29.1 Å². The Hall–Kier alpha value is -0.840.